The van der Waals surface area contributed by atoms with Crippen LogP contribution < -0.4 is 0 Å². The van der Waals surface area contributed by atoms with E-state index in [2.05, 4.69) is 28.5 Å². The third kappa shape index (κ3) is 7.36. The number of ether oxygens (including phenoxy) is 1. The molecule has 0 atom stereocenters. The molecule has 0 aliphatic heterocycles. The number of esters is 1. The Bertz CT molecular complexity index is 1220. The predicted molar refractivity (Wildman–Crippen MR) is 139 cm³/mol. The van der Waals surface area contributed by atoms with Crippen molar-refractivity contribution < 1.29 is 14.3 Å². The molecule has 37 heavy (non-hydrogen) atoms. The Morgan fingerprint density at radius 3 is 2.49 bits per heavy atom. The molecule has 0 fully saturated rings. The first kappa shape index (κ1) is 27.3. The lowest BCUT2D eigenvalue weighted by molar-refractivity contribution is -0.143. The molecular weight excluding hydrogens is 470 g/mol. The van der Waals surface area contributed by atoms with Gasteiger partial charge >= 0.3 is 12.0 Å². The molecule has 10 nitrogen and oxygen atoms in total. The van der Waals surface area contributed by atoms with E-state index in [9.17, 15) is 9.59 Å². The topological polar surface area (TPSA) is 117 Å². The molecule has 0 spiro atoms. The second-order valence-corrected chi connectivity index (χ2v) is 8.60. The number of benzene rings is 2. The van der Waals surface area contributed by atoms with Gasteiger partial charge in [-0.05, 0) is 40.5 Å². The van der Waals surface area contributed by atoms with E-state index in [1.807, 2.05) is 48.5 Å². The number of amides is 2. The number of nitrogens with zero attached hydrogens (tertiary/aromatic N) is 7. The number of aryl methyl sites for hydroxylation is 1. The van der Waals surface area contributed by atoms with Crippen LogP contribution in [0.15, 0.2) is 48.5 Å². The lowest BCUT2D eigenvalue weighted by Gasteiger charge is -2.28. The van der Waals surface area contributed by atoms with Crippen LogP contribution in [-0.4, -0.2) is 68.8 Å². The van der Waals surface area contributed by atoms with Crippen molar-refractivity contribution in [1.29, 1.82) is 5.26 Å². The molecule has 0 radical (unpaired) electrons. The molecule has 0 aliphatic carbocycles. The molecule has 10 heteroatoms. The Balaban J connectivity index is 1.79. The van der Waals surface area contributed by atoms with Crippen LogP contribution in [0, 0.1) is 11.3 Å². The number of unbranched alkanes of at least 4 members (excludes halogenated alkanes) is 1. The Kier molecular flexibility index (Phi) is 10.1. The zero-order valence-electron chi connectivity index (χ0n) is 21.6. The van der Waals surface area contributed by atoms with Crippen molar-refractivity contribution in [2.45, 2.75) is 46.2 Å². The smallest absolute Gasteiger partial charge is 0.325 e. The number of tetrazole rings is 1. The van der Waals surface area contributed by atoms with Gasteiger partial charge in [-0.25, -0.2) is 9.48 Å². The van der Waals surface area contributed by atoms with Crippen LogP contribution in [-0.2, 0) is 22.6 Å². The van der Waals surface area contributed by atoms with Gasteiger partial charge in [-0.3, -0.25) is 4.79 Å². The molecule has 2 aromatic carbocycles. The van der Waals surface area contributed by atoms with Gasteiger partial charge in [0, 0.05) is 25.7 Å². The number of urea groups is 1. The van der Waals surface area contributed by atoms with E-state index in [0.717, 1.165) is 35.1 Å². The molecule has 0 unspecified atom stereocenters. The number of aromatic nitrogens is 4. The van der Waals surface area contributed by atoms with Gasteiger partial charge in [0.2, 0.25) is 0 Å². The number of rotatable bonds is 12. The highest BCUT2D eigenvalue weighted by Gasteiger charge is 2.21. The number of nitriles is 1. The average Bonchev–Trinajstić information content (AvgIpc) is 3.38. The van der Waals surface area contributed by atoms with Crippen LogP contribution in [0.1, 0.15) is 38.7 Å². The molecule has 0 bridgehead atoms. The monoisotopic (exact) mass is 503 g/mol. The Hall–Kier alpha value is -4.26. The van der Waals surface area contributed by atoms with Crippen molar-refractivity contribution in [2.75, 3.05) is 26.7 Å². The Labute approximate surface area is 217 Å². The van der Waals surface area contributed by atoms with Crippen LogP contribution in [0.3, 0.4) is 0 Å². The van der Waals surface area contributed by atoms with Crippen molar-refractivity contribution >= 4 is 12.0 Å². The molecule has 3 aromatic rings. The molecule has 0 saturated heterocycles. The highest BCUT2D eigenvalue weighted by atomic mass is 16.5. The number of likely N-dealkylation sites (N-methyl/N-ethyl adjacent to an activating group) is 1. The van der Waals surface area contributed by atoms with E-state index in [1.54, 1.807) is 23.6 Å². The first-order valence-electron chi connectivity index (χ1n) is 12.5. The van der Waals surface area contributed by atoms with E-state index in [4.69, 9.17) is 10.00 Å². The summed E-state index contributed by atoms with van der Waals surface area (Å²) in [5.41, 5.74) is 3.81. The standard InChI is InChI=1S/C27H33N7O3/c1-4-6-17-33(27(36)32(3)20-25(35)37-5-2)19-21-12-14-22(15-13-21)23-10-7-8-11-24(23)26-29-30-31-34(26)18-9-16-28/h7-8,10-15H,4-6,9,17-20H2,1-3H3. The van der Waals surface area contributed by atoms with Gasteiger partial charge in [-0.2, -0.15) is 5.26 Å². The SMILES string of the molecule is CCCCN(Cc1ccc(-c2ccccc2-c2nnnn2CCC#N)cc1)C(=O)N(C)CC(=O)OCC. The summed E-state index contributed by atoms with van der Waals surface area (Å²) in [6.45, 7) is 5.46. The van der Waals surface area contributed by atoms with E-state index in [-0.39, 0.29) is 19.2 Å². The highest BCUT2D eigenvalue weighted by molar-refractivity contribution is 5.81. The van der Waals surface area contributed by atoms with Crippen molar-refractivity contribution in [2.24, 2.45) is 0 Å². The Morgan fingerprint density at radius 1 is 1.08 bits per heavy atom. The second-order valence-electron chi connectivity index (χ2n) is 8.60. The third-order valence-electron chi connectivity index (χ3n) is 5.82. The number of carbonyl (C=O) groups excluding carboxylic acids is 2. The quantitative estimate of drug-likeness (QED) is 0.341. The van der Waals surface area contributed by atoms with Crippen molar-refractivity contribution in [3.05, 3.63) is 54.1 Å². The molecule has 2 amide bonds. The zero-order chi connectivity index (χ0) is 26.6. The number of hydrogen-bond donors (Lipinski definition) is 0. The first-order valence-corrected chi connectivity index (χ1v) is 12.5. The molecule has 1 heterocycles. The zero-order valence-corrected chi connectivity index (χ0v) is 21.6. The van der Waals surface area contributed by atoms with Crippen LogP contribution in [0.4, 0.5) is 4.79 Å². The summed E-state index contributed by atoms with van der Waals surface area (Å²) in [5.74, 6) is 0.186. The first-order chi connectivity index (χ1) is 18.0. The van der Waals surface area contributed by atoms with Crippen LogP contribution in [0.2, 0.25) is 0 Å². The summed E-state index contributed by atoms with van der Waals surface area (Å²) in [7, 11) is 1.61. The van der Waals surface area contributed by atoms with E-state index in [0.29, 0.717) is 31.9 Å². The van der Waals surface area contributed by atoms with Crippen molar-refractivity contribution in [3.8, 4) is 28.6 Å². The fraction of sp³-hybridized carbons (Fsp3) is 0.407. The fourth-order valence-electron chi connectivity index (χ4n) is 3.94. The highest BCUT2D eigenvalue weighted by Crippen LogP contribution is 2.31. The van der Waals surface area contributed by atoms with Gasteiger partial charge in [0.25, 0.3) is 0 Å². The minimum atomic E-state index is -0.421. The number of carbonyl (C=O) groups is 2. The molecule has 3 rings (SSSR count). The summed E-state index contributed by atoms with van der Waals surface area (Å²) in [4.78, 5) is 28.1. The normalized spacial score (nSPS) is 10.5. The summed E-state index contributed by atoms with van der Waals surface area (Å²) in [5, 5.41) is 21.0. The molecular formula is C27H33N7O3. The lowest BCUT2D eigenvalue weighted by Crippen LogP contribution is -2.43. The van der Waals surface area contributed by atoms with E-state index >= 15 is 0 Å². The maximum Gasteiger partial charge on any atom is 0.325 e. The summed E-state index contributed by atoms with van der Waals surface area (Å²) in [6, 6.07) is 17.8. The van der Waals surface area contributed by atoms with Crippen LogP contribution in [0.25, 0.3) is 22.5 Å². The summed E-state index contributed by atoms with van der Waals surface area (Å²) in [6.07, 6.45) is 2.14. The maximum atomic E-state index is 13.1. The summed E-state index contributed by atoms with van der Waals surface area (Å²) >= 11 is 0. The van der Waals surface area contributed by atoms with Gasteiger partial charge in [0.1, 0.15) is 6.54 Å². The Morgan fingerprint density at radius 2 is 1.81 bits per heavy atom. The number of hydrogen-bond acceptors (Lipinski definition) is 7. The van der Waals surface area contributed by atoms with Gasteiger partial charge in [0.15, 0.2) is 5.82 Å². The maximum absolute atomic E-state index is 13.1. The molecule has 0 saturated carbocycles. The van der Waals surface area contributed by atoms with Gasteiger partial charge in [-0.1, -0.05) is 61.9 Å². The van der Waals surface area contributed by atoms with Gasteiger partial charge in [-0.15, -0.1) is 5.10 Å². The second kappa shape index (κ2) is 13.7. The minimum Gasteiger partial charge on any atom is -0.465 e. The molecule has 0 N–H and O–H groups in total. The molecule has 0 aliphatic rings. The lowest BCUT2D eigenvalue weighted by atomic mass is 9.98. The predicted octanol–water partition coefficient (Wildman–Crippen LogP) is 4.14. The molecule has 1 aromatic heterocycles. The largest absolute Gasteiger partial charge is 0.465 e. The van der Waals surface area contributed by atoms with Crippen LogP contribution >= 0.6 is 0 Å². The van der Waals surface area contributed by atoms with Gasteiger partial charge in [0.05, 0.1) is 25.6 Å². The van der Waals surface area contributed by atoms with Crippen molar-refractivity contribution in [3.63, 3.8) is 0 Å². The van der Waals surface area contributed by atoms with Crippen LogP contribution in [0.5, 0.6) is 0 Å². The van der Waals surface area contributed by atoms with Gasteiger partial charge < -0.3 is 14.5 Å². The minimum absolute atomic E-state index is 0.0845. The average molecular weight is 504 g/mol. The fourth-order valence-corrected chi connectivity index (χ4v) is 3.94. The van der Waals surface area contributed by atoms with E-state index in [1.165, 1.54) is 4.90 Å². The van der Waals surface area contributed by atoms with E-state index < -0.39 is 5.97 Å². The molecule has 194 valence electrons. The summed E-state index contributed by atoms with van der Waals surface area (Å²) < 4.78 is 6.62. The van der Waals surface area contributed by atoms with Crippen molar-refractivity contribution in [1.82, 2.24) is 30.0 Å². The third-order valence-corrected chi connectivity index (χ3v) is 5.82.